The number of nitriles is 1. The van der Waals surface area contributed by atoms with Crippen LogP contribution in [0, 0.1) is 11.3 Å². The quantitative estimate of drug-likeness (QED) is 0.715. The van der Waals surface area contributed by atoms with E-state index >= 15 is 0 Å². The third kappa shape index (κ3) is 1.96. The van der Waals surface area contributed by atoms with Crippen molar-refractivity contribution in [3.63, 3.8) is 0 Å². The lowest BCUT2D eigenvalue weighted by Gasteiger charge is -2.25. The van der Waals surface area contributed by atoms with Gasteiger partial charge in [0.2, 0.25) is 5.88 Å². The summed E-state index contributed by atoms with van der Waals surface area (Å²) in [7, 11) is 0. The molecule has 2 aromatic heterocycles. The Balaban J connectivity index is 2.10. The van der Waals surface area contributed by atoms with Gasteiger partial charge in [-0.2, -0.15) is 5.26 Å². The maximum absolute atomic E-state index is 12.7. The molecular weight excluding hydrogens is 304 g/mol. The van der Waals surface area contributed by atoms with Crippen molar-refractivity contribution in [1.29, 1.82) is 5.26 Å². The topological polar surface area (TPSA) is 105 Å². The van der Waals surface area contributed by atoms with Crippen LogP contribution in [0.1, 0.15) is 17.2 Å². The summed E-state index contributed by atoms with van der Waals surface area (Å²) in [5.41, 5.74) is 7.40. The molecule has 0 fully saturated rings. The Hall–Kier alpha value is -3.59. The maximum atomic E-state index is 12.7. The van der Waals surface area contributed by atoms with Crippen molar-refractivity contribution in [3.05, 3.63) is 81.7 Å². The molecule has 116 valence electrons. The second-order valence-corrected chi connectivity index (χ2v) is 5.42. The van der Waals surface area contributed by atoms with Crippen LogP contribution >= 0.6 is 0 Å². The average Bonchev–Trinajstić information content (AvgIpc) is 2.61. The van der Waals surface area contributed by atoms with Crippen LogP contribution in [0.2, 0.25) is 0 Å². The molecule has 1 atom stereocenters. The largest absolute Gasteiger partial charge is 0.439 e. The zero-order valence-corrected chi connectivity index (χ0v) is 12.5. The molecular formula is C18H12N4O2. The van der Waals surface area contributed by atoms with Crippen molar-refractivity contribution < 1.29 is 4.74 Å². The van der Waals surface area contributed by atoms with E-state index < -0.39 is 5.92 Å². The number of para-hydroxylation sites is 1. The van der Waals surface area contributed by atoms with Crippen molar-refractivity contribution in [1.82, 2.24) is 9.97 Å². The summed E-state index contributed by atoms with van der Waals surface area (Å²) in [6, 6.07) is 14.7. The van der Waals surface area contributed by atoms with Gasteiger partial charge < -0.3 is 15.5 Å². The number of benzene rings is 1. The van der Waals surface area contributed by atoms with E-state index in [0.29, 0.717) is 22.5 Å². The summed E-state index contributed by atoms with van der Waals surface area (Å²) in [6.45, 7) is 0. The molecule has 0 saturated carbocycles. The van der Waals surface area contributed by atoms with Gasteiger partial charge in [0.1, 0.15) is 17.4 Å². The molecule has 1 aliphatic heterocycles. The normalized spacial score (nSPS) is 16.4. The molecule has 0 spiro atoms. The summed E-state index contributed by atoms with van der Waals surface area (Å²) in [6.07, 6.45) is 1.62. The van der Waals surface area contributed by atoms with Crippen LogP contribution in [-0.2, 0) is 0 Å². The first-order valence-electron chi connectivity index (χ1n) is 7.34. The minimum absolute atomic E-state index is 0.00333. The molecule has 24 heavy (non-hydrogen) atoms. The number of hydrogen-bond acceptors (Lipinski definition) is 5. The lowest BCUT2D eigenvalue weighted by atomic mass is 9.86. The Morgan fingerprint density at radius 2 is 2.00 bits per heavy atom. The third-order valence-corrected chi connectivity index (χ3v) is 4.07. The van der Waals surface area contributed by atoms with E-state index in [1.165, 1.54) is 0 Å². The Labute approximate surface area is 136 Å². The fourth-order valence-electron chi connectivity index (χ4n) is 3.01. The van der Waals surface area contributed by atoms with Gasteiger partial charge in [0, 0.05) is 11.6 Å². The van der Waals surface area contributed by atoms with Gasteiger partial charge in [0.05, 0.1) is 22.7 Å². The first kappa shape index (κ1) is 14.0. The van der Waals surface area contributed by atoms with Gasteiger partial charge in [0.15, 0.2) is 0 Å². The molecule has 6 heteroatoms. The number of aromatic amines is 1. The Bertz CT molecular complexity index is 1080. The van der Waals surface area contributed by atoms with E-state index in [0.717, 1.165) is 5.39 Å². The highest BCUT2D eigenvalue weighted by Crippen LogP contribution is 2.42. The van der Waals surface area contributed by atoms with Crippen molar-refractivity contribution in [2.75, 3.05) is 0 Å². The predicted octanol–water partition coefficient (Wildman–Crippen LogP) is 2.14. The van der Waals surface area contributed by atoms with Crippen molar-refractivity contribution in [2.24, 2.45) is 5.73 Å². The molecule has 4 rings (SSSR count). The SMILES string of the molecule is N#CC1=C(N)Oc2c(c(=O)[nH]c3ccccc23)C1c1ccccn1. The minimum Gasteiger partial charge on any atom is -0.439 e. The fraction of sp³-hybridized carbons (Fsp3) is 0.0556. The van der Waals surface area contributed by atoms with E-state index in [4.69, 9.17) is 10.5 Å². The van der Waals surface area contributed by atoms with Crippen LogP contribution in [0.25, 0.3) is 10.9 Å². The molecule has 0 saturated heterocycles. The number of aromatic nitrogens is 2. The molecule has 0 radical (unpaired) electrons. The summed E-state index contributed by atoms with van der Waals surface area (Å²) in [5.74, 6) is -0.286. The van der Waals surface area contributed by atoms with E-state index in [1.54, 1.807) is 30.5 Å². The van der Waals surface area contributed by atoms with Gasteiger partial charge in [-0.25, -0.2) is 0 Å². The molecule has 1 aromatic carbocycles. The first-order chi connectivity index (χ1) is 11.7. The number of pyridine rings is 2. The van der Waals surface area contributed by atoms with E-state index in [-0.39, 0.29) is 17.0 Å². The summed E-state index contributed by atoms with van der Waals surface area (Å²) in [4.78, 5) is 19.8. The van der Waals surface area contributed by atoms with Crippen LogP contribution < -0.4 is 16.0 Å². The monoisotopic (exact) mass is 316 g/mol. The number of rotatable bonds is 1. The van der Waals surface area contributed by atoms with Gasteiger partial charge in [-0.15, -0.1) is 0 Å². The molecule has 1 aliphatic rings. The highest BCUT2D eigenvalue weighted by Gasteiger charge is 2.35. The zero-order valence-electron chi connectivity index (χ0n) is 12.5. The van der Waals surface area contributed by atoms with Crippen LogP contribution in [0.5, 0.6) is 5.75 Å². The first-order valence-corrected chi connectivity index (χ1v) is 7.34. The summed E-state index contributed by atoms with van der Waals surface area (Å²) >= 11 is 0. The van der Waals surface area contributed by atoms with Gasteiger partial charge in [0.25, 0.3) is 5.56 Å². The summed E-state index contributed by atoms with van der Waals surface area (Å²) in [5, 5.41) is 10.2. The number of H-pyrrole nitrogens is 1. The van der Waals surface area contributed by atoms with E-state index in [9.17, 15) is 10.1 Å². The van der Waals surface area contributed by atoms with E-state index in [2.05, 4.69) is 16.0 Å². The van der Waals surface area contributed by atoms with Gasteiger partial charge in [-0.1, -0.05) is 18.2 Å². The molecule has 0 amide bonds. The maximum Gasteiger partial charge on any atom is 0.256 e. The number of ether oxygens (including phenoxy) is 1. The number of nitrogens with one attached hydrogen (secondary N) is 1. The van der Waals surface area contributed by atoms with Crippen LogP contribution in [0.4, 0.5) is 0 Å². The number of hydrogen-bond donors (Lipinski definition) is 2. The molecule has 3 heterocycles. The third-order valence-electron chi connectivity index (χ3n) is 4.07. The number of fused-ring (bicyclic) bond motifs is 3. The number of nitrogens with zero attached hydrogens (tertiary/aromatic N) is 2. The van der Waals surface area contributed by atoms with Crippen molar-refractivity contribution >= 4 is 10.9 Å². The van der Waals surface area contributed by atoms with E-state index in [1.807, 2.05) is 18.2 Å². The standard InChI is InChI=1S/C18H12N4O2/c19-9-11-14(13-7-3-4-8-21-13)15-16(24-17(11)20)10-5-1-2-6-12(10)22-18(15)23/h1-8,14H,20H2,(H,22,23). The van der Waals surface area contributed by atoms with Gasteiger partial charge in [-0.05, 0) is 24.3 Å². The lowest BCUT2D eigenvalue weighted by Crippen LogP contribution is -2.28. The highest BCUT2D eigenvalue weighted by molar-refractivity contribution is 5.87. The smallest absolute Gasteiger partial charge is 0.256 e. The van der Waals surface area contributed by atoms with Crippen LogP contribution in [0.15, 0.2) is 64.9 Å². The second kappa shape index (κ2) is 5.25. The zero-order chi connectivity index (χ0) is 16.7. The highest BCUT2D eigenvalue weighted by atomic mass is 16.5. The Morgan fingerprint density at radius 3 is 2.75 bits per heavy atom. The minimum atomic E-state index is -0.659. The molecule has 0 aliphatic carbocycles. The van der Waals surface area contributed by atoms with Crippen LogP contribution in [0.3, 0.4) is 0 Å². The fourth-order valence-corrected chi connectivity index (χ4v) is 3.01. The van der Waals surface area contributed by atoms with Crippen LogP contribution in [-0.4, -0.2) is 9.97 Å². The van der Waals surface area contributed by atoms with Crippen molar-refractivity contribution in [2.45, 2.75) is 5.92 Å². The Kier molecular flexibility index (Phi) is 3.07. The molecule has 0 bridgehead atoms. The average molecular weight is 316 g/mol. The molecule has 3 aromatic rings. The Morgan fingerprint density at radius 1 is 1.21 bits per heavy atom. The van der Waals surface area contributed by atoms with Gasteiger partial charge in [-0.3, -0.25) is 9.78 Å². The number of allylic oxidation sites excluding steroid dienone is 1. The second-order valence-electron chi connectivity index (χ2n) is 5.42. The molecule has 3 N–H and O–H groups in total. The predicted molar refractivity (Wildman–Crippen MR) is 88.1 cm³/mol. The van der Waals surface area contributed by atoms with Gasteiger partial charge >= 0.3 is 0 Å². The number of nitrogens with two attached hydrogens (primary N) is 1. The lowest BCUT2D eigenvalue weighted by molar-refractivity contribution is 0.396. The molecule has 1 unspecified atom stereocenters. The molecule has 6 nitrogen and oxygen atoms in total. The van der Waals surface area contributed by atoms with Crippen molar-refractivity contribution in [3.8, 4) is 11.8 Å². The summed E-state index contributed by atoms with van der Waals surface area (Å²) < 4.78 is 5.67.